The summed E-state index contributed by atoms with van der Waals surface area (Å²) in [6.07, 6.45) is 0. The van der Waals surface area contributed by atoms with E-state index in [1.54, 1.807) is 0 Å². The van der Waals surface area contributed by atoms with Crippen molar-refractivity contribution >= 4 is 41.7 Å². The second-order valence-corrected chi connectivity index (χ2v) is 9.26. The smallest absolute Gasteiger partial charge is 0.296 e. The van der Waals surface area contributed by atoms with E-state index in [1.807, 2.05) is 0 Å². The summed E-state index contributed by atoms with van der Waals surface area (Å²) < 4.78 is 96.3. The standard InChI is InChI=1S/C12H12N2O9S3/c13-9-2-1-6(24(15,16)17)3-7(9)8-4-12(26(21,22)23)10(14)5-11(8)25(18,19)20/h1-5H,13-14H2,(H,15,16,17)(H,18,19,20)(H,21,22,23). The fourth-order valence-corrected chi connectivity index (χ4v) is 4.01. The molecule has 0 aliphatic rings. The lowest BCUT2D eigenvalue weighted by Gasteiger charge is -2.14. The largest absolute Gasteiger partial charge is 0.398 e. The monoisotopic (exact) mass is 424 g/mol. The van der Waals surface area contributed by atoms with Gasteiger partial charge in [0.05, 0.1) is 10.6 Å². The van der Waals surface area contributed by atoms with Gasteiger partial charge in [-0.15, -0.1) is 0 Å². The van der Waals surface area contributed by atoms with Crippen molar-refractivity contribution in [2.45, 2.75) is 14.7 Å². The highest BCUT2D eigenvalue weighted by molar-refractivity contribution is 7.86. The summed E-state index contributed by atoms with van der Waals surface area (Å²) in [6.45, 7) is 0. The molecule has 0 saturated heterocycles. The van der Waals surface area contributed by atoms with Crippen molar-refractivity contribution in [3.8, 4) is 11.1 Å². The highest BCUT2D eigenvalue weighted by atomic mass is 32.2. The molecule has 0 amide bonds. The quantitative estimate of drug-likeness (QED) is 0.331. The summed E-state index contributed by atoms with van der Waals surface area (Å²) in [5.41, 5.74) is 9.28. The van der Waals surface area contributed by atoms with Crippen molar-refractivity contribution in [1.82, 2.24) is 0 Å². The number of nitrogen functional groups attached to an aromatic ring is 2. The van der Waals surface area contributed by atoms with Gasteiger partial charge < -0.3 is 11.5 Å². The van der Waals surface area contributed by atoms with E-state index in [1.165, 1.54) is 0 Å². The topological polar surface area (TPSA) is 215 Å². The van der Waals surface area contributed by atoms with Gasteiger partial charge in [-0.2, -0.15) is 25.3 Å². The molecular formula is C12H12N2O9S3. The lowest BCUT2D eigenvalue weighted by Crippen LogP contribution is -2.09. The summed E-state index contributed by atoms with van der Waals surface area (Å²) in [7, 11) is -14.5. The van der Waals surface area contributed by atoms with Gasteiger partial charge in [-0.25, -0.2) is 0 Å². The minimum atomic E-state index is -4.96. The highest BCUT2D eigenvalue weighted by Gasteiger charge is 2.25. The molecule has 0 radical (unpaired) electrons. The predicted octanol–water partition coefficient (Wildman–Crippen LogP) is 0.258. The summed E-state index contributed by atoms with van der Waals surface area (Å²) in [5.74, 6) is 0. The van der Waals surface area contributed by atoms with Gasteiger partial charge in [0.2, 0.25) is 0 Å². The Bertz CT molecular complexity index is 1220. The van der Waals surface area contributed by atoms with E-state index in [2.05, 4.69) is 0 Å². The van der Waals surface area contributed by atoms with Crippen molar-refractivity contribution < 1.29 is 38.9 Å². The van der Waals surface area contributed by atoms with Crippen LogP contribution in [-0.4, -0.2) is 38.9 Å². The van der Waals surface area contributed by atoms with E-state index in [0.717, 1.165) is 18.2 Å². The predicted molar refractivity (Wildman–Crippen MR) is 90.1 cm³/mol. The third-order valence-electron chi connectivity index (χ3n) is 3.28. The highest BCUT2D eigenvalue weighted by Crippen LogP contribution is 2.37. The van der Waals surface area contributed by atoms with Crippen LogP contribution in [0.4, 0.5) is 11.4 Å². The number of hydrogen-bond acceptors (Lipinski definition) is 8. The van der Waals surface area contributed by atoms with Crippen LogP contribution in [0.25, 0.3) is 11.1 Å². The molecule has 0 bridgehead atoms. The maximum Gasteiger partial charge on any atom is 0.296 e. The lowest BCUT2D eigenvalue weighted by molar-refractivity contribution is 0.479. The molecule has 14 heteroatoms. The van der Waals surface area contributed by atoms with Gasteiger partial charge in [-0.05, 0) is 30.3 Å². The van der Waals surface area contributed by atoms with E-state index in [4.69, 9.17) is 16.0 Å². The Labute approximate surface area is 148 Å². The van der Waals surface area contributed by atoms with Crippen LogP contribution in [0.15, 0.2) is 45.0 Å². The summed E-state index contributed by atoms with van der Waals surface area (Å²) in [4.78, 5) is -2.45. The van der Waals surface area contributed by atoms with Crippen LogP contribution < -0.4 is 11.5 Å². The number of anilines is 2. The van der Waals surface area contributed by atoms with E-state index < -0.39 is 56.3 Å². The molecule has 0 aliphatic carbocycles. The molecule has 0 aromatic heterocycles. The molecule has 2 aromatic rings. The zero-order valence-electron chi connectivity index (χ0n) is 12.6. The van der Waals surface area contributed by atoms with Crippen molar-refractivity contribution in [2.24, 2.45) is 0 Å². The second-order valence-electron chi connectivity index (χ2n) is 5.06. The Morgan fingerprint density at radius 3 is 1.62 bits per heavy atom. The lowest BCUT2D eigenvalue weighted by atomic mass is 10.0. The van der Waals surface area contributed by atoms with Crippen molar-refractivity contribution in [3.63, 3.8) is 0 Å². The molecule has 0 saturated carbocycles. The molecule has 2 rings (SSSR count). The normalized spacial score (nSPS) is 12.9. The van der Waals surface area contributed by atoms with Gasteiger partial charge in [-0.1, -0.05) is 0 Å². The first kappa shape index (κ1) is 20.1. The zero-order chi connectivity index (χ0) is 20.1. The van der Waals surface area contributed by atoms with Crippen molar-refractivity contribution in [1.29, 1.82) is 0 Å². The van der Waals surface area contributed by atoms with Crippen molar-refractivity contribution in [2.75, 3.05) is 11.5 Å². The molecule has 0 heterocycles. The van der Waals surface area contributed by atoms with Gasteiger partial charge in [0.15, 0.2) is 0 Å². The maximum absolute atomic E-state index is 11.6. The summed E-state index contributed by atoms with van der Waals surface area (Å²) in [6, 6.07) is 3.86. The molecular weight excluding hydrogens is 412 g/mol. The Balaban J connectivity index is 3.02. The average Bonchev–Trinajstić information content (AvgIpc) is 2.44. The first-order valence-corrected chi connectivity index (χ1v) is 10.7. The third-order valence-corrected chi connectivity index (χ3v) is 5.93. The molecule has 7 N–H and O–H groups in total. The summed E-state index contributed by atoms with van der Waals surface area (Å²) in [5, 5.41) is 0. The molecule has 11 nitrogen and oxygen atoms in total. The molecule has 0 fully saturated rings. The van der Waals surface area contributed by atoms with Crippen LogP contribution in [-0.2, 0) is 30.4 Å². The first-order valence-electron chi connectivity index (χ1n) is 6.38. The van der Waals surface area contributed by atoms with Crippen LogP contribution in [0.3, 0.4) is 0 Å². The Morgan fingerprint density at radius 1 is 0.615 bits per heavy atom. The van der Waals surface area contributed by atoms with Gasteiger partial charge in [0.1, 0.15) is 9.79 Å². The number of benzene rings is 2. The Kier molecular flexibility index (Phi) is 4.78. The van der Waals surface area contributed by atoms with Crippen LogP contribution >= 0.6 is 0 Å². The van der Waals surface area contributed by atoms with Crippen LogP contribution in [0.5, 0.6) is 0 Å². The van der Waals surface area contributed by atoms with E-state index in [9.17, 15) is 34.4 Å². The molecule has 0 atom stereocenters. The number of nitrogens with two attached hydrogens (primary N) is 2. The maximum atomic E-state index is 11.6. The van der Waals surface area contributed by atoms with Gasteiger partial charge in [-0.3, -0.25) is 13.7 Å². The molecule has 2 aromatic carbocycles. The summed E-state index contributed by atoms with van der Waals surface area (Å²) >= 11 is 0. The van der Waals surface area contributed by atoms with E-state index in [0.29, 0.717) is 12.1 Å². The second kappa shape index (κ2) is 6.19. The Morgan fingerprint density at radius 2 is 1.15 bits per heavy atom. The fraction of sp³-hybridized carbons (Fsp3) is 0. The first-order chi connectivity index (χ1) is 11.6. The fourth-order valence-electron chi connectivity index (χ4n) is 2.15. The molecule has 0 unspecified atom stereocenters. The molecule has 26 heavy (non-hydrogen) atoms. The molecule has 142 valence electrons. The van der Waals surface area contributed by atoms with E-state index in [-0.39, 0.29) is 11.3 Å². The molecule has 0 spiro atoms. The number of hydrogen-bond donors (Lipinski definition) is 5. The number of rotatable bonds is 4. The average molecular weight is 424 g/mol. The third kappa shape index (κ3) is 3.95. The minimum Gasteiger partial charge on any atom is -0.398 e. The SMILES string of the molecule is Nc1ccc(S(=O)(=O)O)cc1-c1cc(S(=O)(=O)O)c(N)cc1S(=O)(=O)O. The van der Waals surface area contributed by atoms with Gasteiger partial charge in [0, 0.05) is 16.8 Å². The van der Waals surface area contributed by atoms with Gasteiger partial charge in [0.25, 0.3) is 30.4 Å². The van der Waals surface area contributed by atoms with Crippen molar-refractivity contribution in [3.05, 3.63) is 30.3 Å². The van der Waals surface area contributed by atoms with Gasteiger partial charge >= 0.3 is 0 Å². The van der Waals surface area contributed by atoms with Crippen LogP contribution in [0.2, 0.25) is 0 Å². The van der Waals surface area contributed by atoms with E-state index >= 15 is 0 Å². The Hall–Kier alpha value is -2.23. The zero-order valence-corrected chi connectivity index (χ0v) is 15.0. The van der Waals surface area contributed by atoms with Crippen LogP contribution in [0.1, 0.15) is 0 Å². The van der Waals surface area contributed by atoms with Crippen LogP contribution in [0, 0.1) is 0 Å². The minimum absolute atomic E-state index is 0.214. The molecule has 0 aliphatic heterocycles.